The number of piperidine rings is 1. The molecule has 1 saturated carbocycles. The fourth-order valence-corrected chi connectivity index (χ4v) is 5.48. The lowest BCUT2D eigenvalue weighted by atomic mass is 9.75. The van der Waals surface area contributed by atoms with E-state index in [2.05, 4.69) is 10.3 Å². The summed E-state index contributed by atoms with van der Waals surface area (Å²) in [6, 6.07) is 12.6. The molecule has 7 heteroatoms. The maximum atomic E-state index is 14.2. The Hall–Kier alpha value is -2.90. The van der Waals surface area contributed by atoms with Crippen molar-refractivity contribution in [3.05, 3.63) is 77.0 Å². The Bertz CT molecular complexity index is 1240. The molecule has 33 heavy (non-hydrogen) atoms. The van der Waals surface area contributed by atoms with Gasteiger partial charge in [-0.3, -0.25) is 9.78 Å². The molecule has 1 amide bonds. The first-order valence-electron chi connectivity index (χ1n) is 11.5. The van der Waals surface area contributed by atoms with Crippen LogP contribution >= 0.6 is 0 Å². The van der Waals surface area contributed by atoms with Crippen LogP contribution in [0.1, 0.15) is 36.0 Å². The first-order valence-corrected chi connectivity index (χ1v) is 11.5. The summed E-state index contributed by atoms with van der Waals surface area (Å²) in [6.45, 7) is 1.77. The summed E-state index contributed by atoms with van der Waals surface area (Å²) in [5, 5.41) is 4.36. The lowest BCUT2D eigenvalue weighted by Crippen LogP contribution is -2.55. The van der Waals surface area contributed by atoms with Gasteiger partial charge in [-0.25, -0.2) is 8.78 Å². The molecule has 5 nitrogen and oxygen atoms in total. The highest BCUT2D eigenvalue weighted by molar-refractivity contribution is 5.84. The molecule has 2 aliphatic heterocycles. The summed E-state index contributed by atoms with van der Waals surface area (Å²) in [5.41, 5.74) is 2.27. The predicted octanol–water partition coefficient (Wildman–Crippen LogP) is 4.04. The smallest absolute Gasteiger partial charge is 0.230 e. The van der Waals surface area contributed by atoms with Gasteiger partial charge in [0, 0.05) is 30.7 Å². The number of pyridine rings is 1. The normalized spacial score (nSPS) is 24.2. The summed E-state index contributed by atoms with van der Waals surface area (Å²) < 4.78 is 34.3. The van der Waals surface area contributed by atoms with E-state index < -0.39 is 23.2 Å². The van der Waals surface area contributed by atoms with Gasteiger partial charge in [-0.2, -0.15) is 0 Å². The Morgan fingerprint density at radius 1 is 1.18 bits per heavy atom. The van der Waals surface area contributed by atoms with Crippen LogP contribution in [-0.2, 0) is 28.3 Å². The van der Waals surface area contributed by atoms with E-state index in [9.17, 15) is 13.6 Å². The lowest BCUT2D eigenvalue weighted by molar-refractivity contribution is -0.157. The Labute approximate surface area is 190 Å². The lowest BCUT2D eigenvalue weighted by Gasteiger charge is -2.43. The van der Waals surface area contributed by atoms with Crippen LogP contribution in [0, 0.1) is 17.6 Å². The number of rotatable bonds is 4. The summed E-state index contributed by atoms with van der Waals surface area (Å²) >= 11 is 0. The van der Waals surface area contributed by atoms with E-state index in [0.29, 0.717) is 37.2 Å². The van der Waals surface area contributed by atoms with Crippen LogP contribution < -0.4 is 5.32 Å². The molecule has 0 radical (unpaired) electrons. The second-order valence-electron chi connectivity index (χ2n) is 9.29. The number of aromatic nitrogens is 1. The average Bonchev–Trinajstić information content (AvgIpc) is 3.63. The molecule has 1 N–H and O–H groups in total. The minimum Gasteiger partial charge on any atom is -0.365 e. The molecule has 2 fully saturated rings. The van der Waals surface area contributed by atoms with Crippen molar-refractivity contribution in [3.63, 3.8) is 0 Å². The molecule has 1 aromatic heterocycles. The molecule has 3 aromatic rings. The van der Waals surface area contributed by atoms with Crippen molar-refractivity contribution >= 4 is 16.8 Å². The molecule has 6 rings (SSSR count). The molecule has 1 saturated heterocycles. The van der Waals surface area contributed by atoms with Gasteiger partial charge >= 0.3 is 0 Å². The number of benzene rings is 2. The van der Waals surface area contributed by atoms with Crippen molar-refractivity contribution < 1.29 is 18.3 Å². The monoisotopic (exact) mass is 449 g/mol. The number of hydrogen-bond donors (Lipinski definition) is 1. The van der Waals surface area contributed by atoms with E-state index in [4.69, 9.17) is 4.74 Å². The Balaban J connectivity index is 1.37. The predicted molar refractivity (Wildman–Crippen MR) is 119 cm³/mol. The molecule has 1 spiro atoms. The highest BCUT2D eigenvalue weighted by Crippen LogP contribution is 2.48. The quantitative estimate of drug-likeness (QED) is 0.653. The zero-order valence-corrected chi connectivity index (χ0v) is 18.2. The molecule has 2 atom stereocenters. The molecular formula is C26H25F2N3O2. The third kappa shape index (κ3) is 3.42. The molecule has 2 aromatic carbocycles. The molecule has 3 heterocycles. The molecule has 1 aliphatic carbocycles. The zero-order valence-electron chi connectivity index (χ0n) is 18.2. The number of para-hydroxylation sites is 1. The van der Waals surface area contributed by atoms with E-state index in [1.54, 1.807) is 6.20 Å². The molecule has 170 valence electrons. The topological polar surface area (TPSA) is 54.5 Å². The van der Waals surface area contributed by atoms with Crippen LogP contribution in [0.15, 0.2) is 48.7 Å². The largest absolute Gasteiger partial charge is 0.365 e. The van der Waals surface area contributed by atoms with Crippen LogP contribution in [-0.4, -0.2) is 34.9 Å². The summed E-state index contributed by atoms with van der Waals surface area (Å²) in [6.07, 6.45) is 4.26. The maximum absolute atomic E-state index is 14.2. The minimum absolute atomic E-state index is 0.00294. The van der Waals surface area contributed by atoms with E-state index in [1.165, 1.54) is 12.1 Å². The number of nitrogens with zero attached hydrogens (tertiary/aromatic N) is 2. The van der Waals surface area contributed by atoms with Gasteiger partial charge < -0.3 is 15.0 Å². The van der Waals surface area contributed by atoms with Crippen LogP contribution in [0.3, 0.4) is 0 Å². The van der Waals surface area contributed by atoms with E-state index in [0.717, 1.165) is 29.3 Å². The fourth-order valence-electron chi connectivity index (χ4n) is 5.48. The van der Waals surface area contributed by atoms with Gasteiger partial charge in [-0.05, 0) is 66.8 Å². The van der Waals surface area contributed by atoms with Crippen molar-refractivity contribution in [1.82, 2.24) is 15.2 Å². The van der Waals surface area contributed by atoms with E-state index in [-0.39, 0.29) is 18.6 Å². The van der Waals surface area contributed by atoms with Crippen LogP contribution in [0.5, 0.6) is 0 Å². The number of halogens is 2. The van der Waals surface area contributed by atoms with E-state index >= 15 is 0 Å². The number of fused-ring (bicyclic) bond motifs is 3. The van der Waals surface area contributed by atoms with Gasteiger partial charge in [0.25, 0.3) is 0 Å². The second kappa shape index (κ2) is 7.85. The van der Waals surface area contributed by atoms with E-state index in [1.807, 2.05) is 35.2 Å². The first kappa shape index (κ1) is 20.7. The van der Waals surface area contributed by atoms with Gasteiger partial charge in [0.15, 0.2) is 11.6 Å². The van der Waals surface area contributed by atoms with Gasteiger partial charge in [0.1, 0.15) is 5.60 Å². The number of nitrogens with one attached hydrogen (secondary N) is 1. The molecule has 1 unspecified atom stereocenters. The average molecular weight is 450 g/mol. The standard InChI is InChI=1S/C26H25F2N3O2/c27-22-11-17-15-33-26(20(17)12-23(22)28)8-10-29-13-21(26)25(32)31(18-5-6-18)14-16-7-9-30-24-4-2-1-3-19(16)24/h1-4,7,9,11-12,18,21,29H,5-6,8,10,13-15H2/t21-,26?/m1/s1. The molecule has 3 aliphatic rings. The number of carbonyl (C=O) groups excluding carboxylic acids is 1. The number of amides is 1. The van der Waals surface area contributed by atoms with Gasteiger partial charge in [0.05, 0.1) is 18.0 Å². The van der Waals surface area contributed by atoms with Crippen molar-refractivity contribution in [2.45, 2.75) is 44.1 Å². The Morgan fingerprint density at radius 2 is 2.00 bits per heavy atom. The van der Waals surface area contributed by atoms with Gasteiger partial charge in [-0.1, -0.05) is 18.2 Å². The van der Waals surface area contributed by atoms with Crippen LogP contribution in [0.4, 0.5) is 8.78 Å². The maximum Gasteiger partial charge on any atom is 0.230 e. The van der Waals surface area contributed by atoms with Crippen molar-refractivity contribution in [3.8, 4) is 0 Å². The summed E-state index contributed by atoms with van der Waals surface area (Å²) in [7, 11) is 0. The van der Waals surface area contributed by atoms with Gasteiger partial charge in [-0.15, -0.1) is 0 Å². The Kier molecular flexibility index (Phi) is 4.92. The fraction of sp³-hybridized carbons (Fsp3) is 0.385. The van der Waals surface area contributed by atoms with Crippen molar-refractivity contribution in [2.75, 3.05) is 13.1 Å². The number of carbonyl (C=O) groups is 1. The Morgan fingerprint density at radius 3 is 2.85 bits per heavy atom. The summed E-state index contributed by atoms with van der Waals surface area (Å²) in [5.74, 6) is -2.28. The number of ether oxygens (including phenoxy) is 1. The zero-order chi connectivity index (χ0) is 22.6. The molecule has 0 bridgehead atoms. The van der Waals surface area contributed by atoms with Crippen LogP contribution in [0.2, 0.25) is 0 Å². The highest BCUT2D eigenvalue weighted by atomic mass is 19.2. The third-order valence-corrected chi connectivity index (χ3v) is 7.32. The van der Waals surface area contributed by atoms with Crippen LogP contribution in [0.25, 0.3) is 10.9 Å². The van der Waals surface area contributed by atoms with Crippen molar-refractivity contribution in [1.29, 1.82) is 0 Å². The van der Waals surface area contributed by atoms with Gasteiger partial charge in [0.2, 0.25) is 5.91 Å². The number of hydrogen-bond acceptors (Lipinski definition) is 4. The SMILES string of the molecule is O=C([C@H]1CNCCC12OCc1cc(F)c(F)cc12)N(Cc1ccnc2ccccc12)C1CC1. The summed E-state index contributed by atoms with van der Waals surface area (Å²) in [4.78, 5) is 20.5. The first-order chi connectivity index (χ1) is 16.1. The second-order valence-corrected chi connectivity index (χ2v) is 9.29. The highest BCUT2D eigenvalue weighted by Gasteiger charge is 2.53. The van der Waals surface area contributed by atoms with Crippen molar-refractivity contribution in [2.24, 2.45) is 5.92 Å². The molecular weight excluding hydrogens is 424 g/mol. The minimum atomic E-state index is -0.931. The third-order valence-electron chi connectivity index (χ3n) is 7.32.